The molecule has 0 aliphatic rings. The predicted molar refractivity (Wildman–Crippen MR) is 69.5 cm³/mol. The number of hydrogen-bond acceptors (Lipinski definition) is 2. The average molecular weight is 287 g/mol. The maximum absolute atomic E-state index is 9.55. The molecule has 2 N–H and O–H groups in total. The molecule has 0 saturated heterocycles. The molecule has 0 fully saturated rings. The lowest BCUT2D eigenvalue weighted by Gasteiger charge is -2.30. The summed E-state index contributed by atoms with van der Waals surface area (Å²) < 4.78 is 1.01. The molecule has 0 aliphatic carbocycles. The third-order valence-electron chi connectivity index (χ3n) is 3.07. The van der Waals surface area contributed by atoms with Gasteiger partial charge in [0.05, 0.1) is 13.2 Å². The van der Waals surface area contributed by atoms with E-state index in [-0.39, 0.29) is 13.2 Å². The van der Waals surface area contributed by atoms with Gasteiger partial charge in [-0.2, -0.15) is 0 Å². The third kappa shape index (κ3) is 3.06. The van der Waals surface area contributed by atoms with Crippen LogP contribution in [0, 0.1) is 0 Å². The first-order valence-electron chi connectivity index (χ1n) is 5.66. The molecule has 0 unspecified atom stereocenters. The van der Waals surface area contributed by atoms with Crippen LogP contribution < -0.4 is 0 Å². The summed E-state index contributed by atoms with van der Waals surface area (Å²) in [4.78, 5) is 0. The average Bonchev–Trinajstić information content (AvgIpc) is 2.33. The van der Waals surface area contributed by atoms with Gasteiger partial charge in [0.15, 0.2) is 0 Å². The van der Waals surface area contributed by atoms with E-state index in [1.807, 2.05) is 24.3 Å². The van der Waals surface area contributed by atoms with Gasteiger partial charge >= 0.3 is 0 Å². The van der Waals surface area contributed by atoms with Crippen LogP contribution in [0.1, 0.15) is 31.7 Å². The van der Waals surface area contributed by atoms with Crippen molar-refractivity contribution in [1.29, 1.82) is 0 Å². The summed E-state index contributed by atoms with van der Waals surface area (Å²) in [5.41, 5.74) is 0.519. The Morgan fingerprint density at radius 3 is 2.12 bits per heavy atom. The molecular formula is C13H19BrO2. The molecule has 16 heavy (non-hydrogen) atoms. The van der Waals surface area contributed by atoms with E-state index in [4.69, 9.17) is 0 Å². The van der Waals surface area contributed by atoms with Gasteiger partial charge in [0.1, 0.15) is 0 Å². The molecule has 0 atom stereocenters. The summed E-state index contributed by atoms with van der Waals surface area (Å²) in [5, 5.41) is 19.1. The van der Waals surface area contributed by atoms with Crippen LogP contribution in [-0.4, -0.2) is 23.4 Å². The number of unbranched alkanes of at least 4 members (excludes halogenated alkanes) is 1. The van der Waals surface area contributed by atoms with Gasteiger partial charge in [-0.3, -0.25) is 0 Å². The van der Waals surface area contributed by atoms with Crippen LogP contribution in [-0.2, 0) is 5.41 Å². The first-order chi connectivity index (χ1) is 7.68. The smallest absolute Gasteiger partial charge is 0.0550 e. The molecule has 3 heteroatoms. The van der Waals surface area contributed by atoms with Crippen molar-refractivity contribution in [2.45, 2.75) is 31.6 Å². The van der Waals surface area contributed by atoms with E-state index in [9.17, 15) is 10.2 Å². The molecule has 0 spiro atoms. The van der Waals surface area contributed by atoms with Gasteiger partial charge in [-0.15, -0.1) is 0 Å². The second-order valence-electron chi connectivity index (χ2n) is 4.21. The van der Waals surface area contributed by atoms with Crippen LogP contribution in [0.3, 0.4) is 0 Å². The number of aliphatic hydroxyl groups is 2. The van der Waals surface area contributed by atoms with Crippen molar-refractivity contribution in [1.82, 2.24) is 0 Å². The number of rotatable bonds is 6. The topological polar surface area (TPSA) is 40.5 Å². The largest absolute Gasteiger partial charge is 0.395 e. The predicted octanol–water partition coefficient (Wildman–Crippen LogP) is 2.86. The van der Waals surface area contributed by atoms with Crippen LogP contribution in [0.25, 0.3) is 0 Å². The Bertz CT molecular complexity index is 304. The van der Waals surface area contributed by atoms with Crippen LogP contribution in [0.15, 0.2) is 28.7 Å². The molecule has 0 heterocycles. The number of hydrogen-bond donors (Lipinski definition) is 2. The van der Waals surface area contributed by atoms with Crippen LogP contribution in [0.4, 0.5) is 0 Å². The fourth-order valence-corrected chi connectivity index (χ4v) is 2.12. The normalized spacial score (nSPS) is 11.8. The first-order valence-corrected chi connectivity index (χ1v) is 6.45. The summed E-state index contributed by atoms with van der Waals surface area (Å²) in [5.74, 6) is 0. The molecule has 2 nitrogen and oxygen atoms in total. The SMILES string of the molecule is CCCCC(CO)(CO)c1ccc(Br)cc1. The standard InChI is InChI=1S/C13H19BrO2/c1-2-3-8-13(9-15,10-16)11-4-6-12(14)7-5-11/h4-7,15-16H,2-3,8-10H2,1H3. The van der Waals surface area contributed by atoms with Gasteiger partial charge in [0.2, 0.25) is 0 Å². The highest BCUT2D eigenvalue weighted by Gasteiger charge is 2.30. The summed E-state index contributed by atoms with van der Waals surface area (Å²) in [6.07, 6.45) is 2.90. The van der Waals surface area contributed by atoms with Crippen molar-refractivity contribution in [3.8, 4) is 0 Å². The minimum absolute atomic E-state index is 0.00880. The van der Waals surface area contributed by atoms with Gasteiger partial charge in [0, 0.05) is 9.89 Å². The summed E-state index contributed by atoms with van der Waals surface area (Å²) in [6.45, 7) is 2.09. The van der Waals surface area contributed by atoms with E-state index < -0.39 is 5.41 Å². The molecule has 0 amide bonds. The third-order valence-corrected chi connectivity index (χ3v) is 3.60. The highest BCUT2D eigenvalue weighted by molar-refractivity contribution is 9.10. The highest BCUT2D eigenvalue weighted by Crippen LogP contribution is 2.30. The Morgan fingerprint density at radius 1 is 1.12 bits per heavy atom. The zero-order chi connectivity index (χ0) is 12.0. The van der Waals surface area contributed by atoms with E-state index in [0.29, 0.717) is 0 Å². The van der Waals surface area contributed by atoms with Crippen molar-refractivity contribution in [3.05, 3.63) is 34.3 Å². The fraction of sp³-hybridized carbons (Fsp3) is 0.538. The highest BCUT2D eigenvalue weighted by atomic mass is 79.9. The summed E-state index contributed by atoms with van der Waals surface area (Å²) in [6, 6.07) is 7.82. The second-order valence-corrected chi connectivity index (χ2v) is 5.12. The molecule has 0 radical (unpaired) electrons. The quantitative estimate of drug-likeness (QED) is 0.844. The van der Waals surface area contributed by atoms with Crippen molar-refractivity contribution in [2.24, 2.45) is 0 Å². The fourth-order valence-electron chi connectivity index (χ4n) is 1.85. The minimum atomic E-state index is -0.489. The van der Waals surface area contributed by atoms with Crippen LogP contribution in [0.5, 0.6) is 0 Å². The Kier molecular flexibility index (Phi) is 5.46. The van der Waals surface area contributed by atoms with Crippen molar-refractivity contribution >= 4 is 15.9 Å². The maximum Gasteiger partial charge on any atom is 0.0550 e. The first kappa shape index (κ1) is 13.7. The molecule has 1 aromatic carbocycles. The molecule has 0 bridgehead atoms. The van der Waals surface area contributed by atoms with Crippen molar-refractivity contribution < 1.29 is 10.2 Å². The molecular weight excluding hydrogens is 268 g/mol. The molecule has 90 valence electrons. The number of halogens is 1. The molecule has 0 saturated carbocycles. The van der Waals surface area contributed by atoms with Crippen molar-refractivity contribution in [2.75, 3.05) is 13.2 Å². The zero-order valence-corrected chi connectivity index (χ0v) is 11.2. The Hall–Kier alpha value is -0.380. The maximum atomic E-state index is 9.55. The minimum Gasteiger partial charge on any atom is -0.395 e. The van der Waals surface area contributed by atoms with Crippen molar-refractivity contribution in [3.63, 3.8) is 0 Å². The van der Waals surface area contributed by atoms with Gasteiger partial charge < -0.3 is 10.2 Å². The van der Waals surface area contributed by atoms with E-state index in [0.717, 1.165) is 29.3 Å². The molecule has 0 aliphatic heterocycles. The summed E-state index contributed by atoms with van der Waals surface area (Å²) in [7, 11) is 0. The zero-order valence-electron chi connectivity index (χ0n) is 9.62. The summed E-state index contributed by atoms with van der Waals surface area (Å²) >= 11 is 3.38. The van der Waals surface area contributed by atoms with Gasteiger partial charge in [0.25, 0.3) is 0 Å². The van der Waals surface area contributed by atoms with E-state index in [1.54, 1.807) is 0 Å². The lowest BCUT2D eigenvalue weighted by Crippen LogP contribution is -2.34. The Balaban J connectivity index is 2.95. The van der Waals surface area contributed by atoms with Gasteiger partial charge in [-0.1, -0.05) is 47.8 Å². The number of benzene rings is 1. The molecule has 0 aromatic heterocycles. The second kappa shape index (κ2) is 6.38. The van der Waals surface area contributed by atoms with E-state index in [1.165, 1.54) is 0 Å². The van der Waals surface area contributed by atoms with Crippen LogP contribution in [0.2, 0.25) is 0 Å². The lowest BCUT2D eigenvalue weighted by atomic mass is 9.78. The van der Waals surface area contributed by atoms with E-state index >= 15 is 0 Å². The van der Waals surface area contributed by atoms with Gasteiger partial charge in [-0.25, -0.2) is 0 Å². The Morgan fingerprint density at radius 2 is 1.69 bits per heavy atom. The Labute approximate surface area is 105 Å². The van der Waals surface area contributed by atoms with Crippen LogP contribution >= 0.6 is 15.9 Å². The molecule has 1 aromatic rings. The number of aliphatic hydroxyl groups excluding tert-OH is 2. The lowest BCUT2D eigenvalue weighted by molar-refractivity contribution is 0.107. The van der Waals surface area contributed by atoms with Gasteiger partial charge in [-0.05, 0) is 24.1 Å². The monoisotopic (exact) mass is 286 g/mol. The van der Waals surface area contributed by atoms with E-state index in [2.05, 4.69) is 22.9 Å². The molecule has 1 rings (SSSR count).